The highest BCUT2D eigenvalue weighted by atomic mass is 16.6. The fourth-order valence-corrected chi connectivity index (χ4v) is 6.65. The zero-order chi connectivity index (χ0) is 36.3. The molecule has 50 heavy (non-hydrogen) atoms. The number of aliphatic hydroxyl groups is 1. The number of rotatable bonds is 42. The van der Waals surface area contributed by atoms with Gasteiger partial charge >= 0.3 is 5.97 Å². The van der Waals surface area contributed by atoms with Crippen molar-refractivity contribution in [1.82, 2.24) is 0 Å². The van der Waals surface area contributed by atoms with Gasteiger partial charge in [-0.25, -0.2) is 0 Å². The molecule has 0 aromatic rings. The zero-order valence-corrected chi connectivity index (χ0v) is 33.9. The van der Waals surface area contributed by atoms with Gasteiger partial charge in [0.05, 0.1) is 13.2 Å². The van der Waals surface area contributed by atoms with Crippen molar-refractivity contribution >= 4 is 5.97 Å². The van der Waals surface area contributed by atoms with Gasteiger partial charge in [0.1, 0.15) is 6.10 Å². The molecule has 1 atom stereocenters. The number of carbonyl (C=O) groups is 1. The predicted molar refractivity (Wildman–Crippen MR) is 219 cm³/mol. The van der Waals surface area contributed by atoms with Crippen molar-refractivity contribution in [2.24, 2.45) is 0 Å². The highest BCUT2D eigenvalue weighted by molar-refractivity contribution is 5.69. The number of carbonyl (C=O) groups excluding carboxylic acids is 1. The van der Waals surface area contributed by atoms with Gasteiger partial charge in [-0.3, -0.25) is 4.79 Å². The molecule has 0 fully saturated rings. The summed E-state index contributed by atoms with van der Waals surface area (Å²) in [5.41, 5.74) is 0. The highest BCUT2D eigenvalue weighted by Crippen LogP contribution is 2.15. The minimum atomic E-state index is -0.532. The molecule has 0 saturated carbocycles. The van der Waals surface area contributed by atoms with Crippen molar-refractivity contribution < 1.29 is 19.4 Å². The summed E-state index contributed by atoms with van der Waals surface area (Å²) in [5, 5.41) is 9.61. The Morgan fingerprint density at radius 3 is 1.24 bits per heavy atom. The molecule has 0 aromatic heterocycles. The molecule has 0 heterocycles. The molecule has 0 aliphatic rings. The van der Waals surface area contributed by atoms with E-state index < -0.39 is 6.10 Å². The van der Waals surface area contributed by atoms with E-state index >= 15 is 0 Å². The quantitative estimate of drug-likeness (QED) is 0.0390. The lowest BCUT2D eigenvalue weighted by Crippen LogP contribution is -2.27. The van der Waals surface area contributed by atoms with Gasteiger partial charge in [0.25, 0.3) is 0 Å². The summed E-state index contributed by atoms with van der Waals surface area (Å²) < 4.78 is 11.2. The molecule has 1 N–H and O–H groups in total. The minimum absolute atomic E-state index is 0.169. The van der Waals surface area contributed by atoms with Crippen LogP contribution >= 0.6 is 0 Å². The van der Waals surface area contributed by atoms with Gasteiger partial charge in [0.2, 0.25) is 0 Å². The lowest BCUT2D eigenvalue weighted by molar-refractivity contribution is -0.154. The standard InChI is InChI=1S/C46H88O4/c1-3-5-7-9-11-13-15-17-19-21-22-23-24-25-27-29-31-33-35-37-39-41-46(48)50-45(43-47)44-49-42-40-38-36-34-32-30-28-26-20-18-16-14-12-10-8-6-4-2/h15,17,21-22,45,47H,3-14,16,18-20,23-44H2,1-2H3/b17-15-,22-21-. The van der Waals surface area contributed by atoms with Gasteiger partial charge in [0.15, 0.2) is 0 Å². The molecular weight excluding hydrogens is 617 g/mol. The Morgan fingerprint density at radius 1 is 0.480 bits per heavy atom. The number of hydrogen-bond acceptors (Lipinski definition) is 4. The topological polar surface area (TPSA) is 55.8 Å². The van der Waals surface area contributed by atoms with Crippen LogP contribution in [0.5, 0.6) is 0 Å². The van der Waals surface area contributed by atoms with Crippen molar-refractivity contribution in [3.05, 3.63) is 24.3 Å². The van der Waals surface area contributed by atoms with E-state index in [0.717, 1.165) is 25.7 Å². The number of ether oxygens (including phenoxy) is 2. The molecule has 0 aliphatic heterocycles. The van der Waals surface area contributed by atoms with Crippen LogP contribution in [0.3, 0.4) is 0 Å². The van der Waals surface area contributed by atoms with Crippen LogP contribution in [0.15, 0.2) is 24.3 Å². The number of aliphatic hydroxyl groups excluding tert-OH is 1. The zero-order valence-electron chi connectivity index (χ0n) is 33.9. The van der Waals surface area contributed by atoms with E-state index in [4.69, 9.17) is 9.47 Å². The smallest absolute Gasteiger partial charge is 0.306 e. The van der Waals surface area contributed by atoms with E-state index in [0.29, 0.717) is 19.6 Å². The summed E-state index contributed by atoms with van der Waals surface area (Å²) in [6.07, 6.45) is 53.8. The molecule has 296 valence electrons. The van der Waals surface area contributed by atoms with Crippen LogP contribution in [0.25, 0.3) is 0 Å². The maximum atomic E-state index is 12.2. The number of unbranched alkanes of at least 4 members (excludes halogenated alkanes) is 30. The molecule has 0 aromatic carbocycles. The molecular formula is C46H88O4. The first kappa shape index (κ1) is 48.9. The summed E-state index contributed by atoms with van der Waals surface area (Å²) in [7, 11) is 0. The second kappa shape index (κ2) is 44.0. The van der Waals surface area contributed by atoms with Gasteiger partial charge in [-0.1, -0.05) is 212 Å². The molecule has 4 heteroatoms. The summed E-state index contributed by atoms with van der Waals surface area (Å²) in [6.45, 7) is 5.37. The molecule has 0 radical (unpaired) electrons. The van der Waals surface area contributed by atoms with Crippen LogP contribution in [0.4, 0.5) is 0 Å². The Hall–Kier alpha value is -1.13. The average molecular weight is 705 g/mol. The molecule has 0 spiro atoms. The Kier molecular flexibility index (Phi) is 43.0. The van der Waals surface area contributed by atoms with Crippen molar-refractivity contribution in [3.63, 3.8) is 0 Å². The SMILES string of the molecule is CCCCCCC/C=C\C/C=C\CCCCCCCCCCCC(=O)OC(CO)COCCCCCCCCCCCCCCCCCCC. The molecule has 0 amide bonds. The van der Waals surface area contributed by atoms with E-state index in [2.05, 4.69) is 38.2 Å². The Bertz CT molecular complexity index is 702. The van der Waals surface area contributed by atoms with Crippen molar-refractivity contribution in [2.75, 3.05) is 19.8 Å². The molecule has 1 unspecified atom stereocenters. The molecule has 0 bridgehead atoms. The normalized spacial score (nSPS) is 12.5. The van der Waals surface area contributed by atoms with Gasteiger partial charge in [0, 0.05) is 13.0 Å². The first-order valence-corrected chi connectivity index (χ1v) is 22.4. The fraction of sp³-hybridized carbons (Fsp3) is 0.891. The monoisotopic (exact) mass is 705 g/mol. The Morgan fingerprint density at radius 2 is 0.840 bits per heavy atom. The summed E-state index contributed by atoms with van der Waals surface area (Å²) in [4.78, 5) is 12.2. The van der Waals surface area contributed by atoms with E-state index in [1.54, 1.807) is 0 Å². The van der Waals surface area contributed by atoms with Gasteiger partial charge in [-0.15, -0.1) is 0 Å². The number of hydrogen-bond donors (Lipinski definition) is 1. The van der Waals surface area contributed by atoms with Crippen LogP contribution in [0, 0.1) is 0 Å². The molecule has 0 rings (SSSR count). The van der Waals surface area contributed by atoms with Crippen LogP contribution < -0.4 is 0 Å². The Balaban J connectivity index is 3.40. The number of allylic oxidation sites excluding steroid dienone is 4. The summed E-state index contributed by atoms with van der Waals surface area (Å²) in [6, 6.07) is 0. The van der Waals surface area contributed by atoms with Crippen LogP contribution in [0.1, 0.15) is 239 Å². The van der Waals surface area contributed by atoms with Gasteiger partial charge < -0.3 is 14.6 Å². The van der Waals surface area contributed by atoms with Crippen LogP contribution in [-0.2, 0) is 14.3 Å². The van der Waals surface area contributed by atoms with E-state index in [-0.39, 0.29) is 12.6 Å². The van der Waals surface area contributed by atoms with Crippen LogP contribution in [-0.4, -0.2) is 37.0 Å². The van der Waals surface area contributed by atoms with Crippen molar-refractivity contribution in [3.8, 4) is 0 Å². The lowest BCUT2D eigenvalue weighted by atomic mass is 10.0. The average Bonchev–Trinajstić information content (AvgIpc) is 3.12. The van der Waals surface area contributed by atoms with Crippen LogP contribution in [0.2, 0.25) is 0 Å². The van der Waals surface area contributed by atoms with Gasteiger partial charge in [-0.2, -0.15) is 0 Å². The minimum Gasteiger partial charge on any atom is -0.457 e. The molecule has 4 nitrogen and oxygen atoms in total. The van der Waals surface area contributed by atoms with Gasteiger partial charge in [-0.05, 0) is 44.9 Å². The third-order valence-electron chi connectivity index (χ3n) is 10.0. The summed E-state index contributed by atoms with van der Waals surface area (Å²) >= 11 is 0. The third kappa shape index (κ3) is 41.3. The molecule has 0 aliphatic carbocycles. The Labute approximate surface area is 313 Å². The van der Waals surface area contributed by atoms with Crippen molar-refractivity contribution in [1.29, 1.82) is 0 Å². The second-order valence-corrected chi connectivity index (χ2v) is 15.1. The lowest BCUT2D eigenvalue weighted by Gasteiger charge is -2.16. The largest absolute Gasteiger partial charge is 0.457 e. The first-order chi connectivity index (χ1) is 24.7. The third-order valence-corrected chi connectivity index (χ3v) is 10.0. The highest BCUT2D eigenvalue weighted by Gasteiger charge is 2.13. The van der Waals surface area contributed by atoms with E-state index in [9.17, 15) is 9.90 Å². The number of esters is 1. The predicted octanol–water partition coefficient (Wildman–Crippen LogP) is 14.7. The fourth-order valence-electron chi connectivity index (χ4n) is 6.65. The maximum absolute atomic E-state index is 12.2. The van der Waals surface area contributed by atoms with E-state index in [1.165, 1.54) is 193 Å². The second-order valence-electron chi connectivity index (χ2n) is 15.1. The summed E-state index contributed by atoms with van der Waals surface area (Å²) in [5.74, 6) is -0.201. The first-order valence-electron chi connectivity index (χ1n) is 22.4. The molecule has 0 saturated heterocycles. The maximum Gasteiger partial charge on any atom is 0.306 e. The van der Waals surface area contributed by atoms with E-state index in [1.807, 2.05) is 0 Å². The van der Waals surface area contributed by atoms with Crippen molar-refractivity contribution in [2.45, 2.75) is 245 Å².